The van der Waals surface area contributed by atoms with E-state index in [4.69, 9.17) is 4.74 Å². The van der Waals surface area contributed by atoms with Crippen LogP contribution in [0.25, 0.3) is 0 Å². The molecular weight excluding hydrogens is 226 g/mol. The highest BCUT2D eigenvalue weighted by Crippen LogP contribution is 2.43. The number of amides is 1. The molecule has 3 heteroatoms. The van der Waals surface area contributed by atoms with E-state index in [9.17, 15) is 4.79 Å². The zero-order chi connectivity index (χ0) is 12.8. The summed E-state index contributed by atoms with van der Waals surface area (Å²) in [6.07, 6.45) is 10.1. The van der Waals surface area contributed by atoms with Gasteiger partial charge in [0, 0.05) is 19.1 Å². The fraction of sp³-hybridized carbons (Fsp3) is 0.800. The normalized spacial score (nSPS) is 30.8. The molecule has 2 aliphatic rings. The first-order valence-corrected chi connectivity index (χ1v) is 7.33. The first-order valence-electron chi connectivity index (χ1n) is 7.33. The van der Waals surface area contributed by atoms with Gasteiger partial charge in [0.1, 0.15) is 0 Å². The Balaban J connectivity index is 1.56. The van der Waals surface area contributed by atoms with Crippen LogP contribution in [-0.2, 0) is 9.53 Å². The predicted octanol–water partition coefficient (Wildman–Crippen LogP) is 2.52. The average molecular weight is 251 g/mol. The summed E-state index contributed by atoms with van der Waals surface area (Å²) in [6, 6.07) is 0. The highest BCUT2D eigenvalue weighted by Gasteiger charge is 2.33. The molecule has 2 rings (SSSR count). The number of hydrogen-bond acceptors (Lipinski definition) is 2. The molecule has 1 aliphatic heterocycles. The van der Waals surface area contributed by atoms with Crippen molar-refractivity contribution >= 4 is 5.91 Å². The van der Waals surface area contributed by atoms with Crippen LogP contribution in [0.4, 0.5) is 0 Å². The summed E-state index contributed by atoms with van der Waals surface area (Å²) in [7, 11) is 0. The Morgan fingerprint density at radius 3 is 3.11 bits per heavy atom. The molecule has 0 bridgehead atoms. The highest BCUT2D eigenvalue weighted by molar-refractivity contribution is 5.87. The van der Waals surface area contributed by atoms with Gasteiger partial charge in [-0.2, -0.15) is 0 Å². The quantitative estimate of drug-likeness (QED) is 0.706. The number of carbonyl (C=O) groups excluding carboxylic acids is 1. The van der Waals surface area contributed by atoms with Crippen LogP contribution in [0.1, 0.15) is 39.0 Å². The highest BCUT2D eigenvalue weighted by atomic mass is 16.5. The number of nitrogens with one attached hydrogen (secondary N) is 1. The van der Waals surface area contributed by atoms with E-state index in [-0.39, 0.29) is 5.91 Å². The van der Waals surface area contributed by atoms with Crippen molar-refractivity contribution in [2.75, 3.05) is 19.8 Å². The molecule has 3 nitrogen and oxygen atoms in total. The molecule has 1 saturated carbocycles. The molecular formula is C15H25NO2. The summed E-state index contributed by atoms with van der Waals surface area (Å²) < 4.78 is 5.28. The standard InChI is InChI=1S/C15H25NO2/c1-2-3-4-13-9-14(13)5-6-15(17)16-10-12-7-8-18-11-12/h5-6,12-14H,2-4,7-11H2,1H3,(H,16,17)/b6-5+/t12?,13-,14-/m1/s1. The van der Waals surface area contributed by atoms with Crippen molar-refractivity contribution in [2.24, 2.45) is 17.8 Å². The molecule has 1 aliphatic carbocycles. The van der Waals surface area contributed by atoms with Crippen LogP contribution in [0, 0.1) is 17.8 Å². The van der Waals surface area contributed by atoms with E-state index >= 15 is 0 Å². The second-order valence-electron chi connectivity index (χ2n) is 5.64. The lowest BCUT2D eigenvalue weighted by atomic mass is 10.1. The maximum Gasteiger partial charge on any atom is 0.243 e. The third-order valence-electron chi connectivity index (χ3n) is 3.99. The molecule has 102 valence electrons. The summed E-state index contributed by atoms with van der Waals surface area (Å²) in [5, 5.41) is 2.96. The second kappa shape index (κ2) is 6.93. The first kappa shape index (κ1) is 13.6. The SMILES string of the molecule is CCCC[C@@H]1C[C@H]1/C=C/C(=O)NCC1CCOC1. The summed E-state index contributed by atoms with van der Waals surface area (Å²) in [4.78, 5) is 11.6. The van der Waals surface area contributed by atoms with Crippen molar-refractivity contribution in [3.8, 4) is 0 Å². The largest absolute Gasteiger partial charge is 0.381 e. The number of ether oxygens (including phenoxy) is 1. The van der Waals surface area contributed by atoms with Crippen molar-refractivity contribution < 1.29 is 9.53 Å². The van der Waals surface area contributed by atoms with E-state index < -0.39 is 0 Å². The van der Waals surface area contributed by atoms with Gasteiger partial charge in [-0.1, -0.05) is 25.8 Å². The molecule has 1 N–H and O–H groups in total. The molecule has 1 saturated heterocycles. The zero-order valence-corrected chi connectivity index (χ0v) is 11.4. The third-order valence-corrected chi connectivity index (χ3v) is 3.99. The Hall–Kier alpha value is -0.830. The summed E-state index contributed by atoms with van der Waals surface area (Å²) in [6.45, 7) is 4.63. The van der Waals surface area contributed by atoms with Gasteiger partial charge in [0.15, 0.2) is 0 Å². The summed E-state index contributed by atoms with van der Waals surface area (Å²) >= 11 is 0. The van der Waals surface area contributed by atoms with E-state index in [0.29, 0.717) is 11.8 Å². The van der Waals surface area contributed by atoms with Crippen molar-refractivity contribution in [1.29, 1.82) is 0 Å². The maximum absolute atomic E-state index is 11.6. The molecule has 3 atom stereocenters. The molecule has 0 aromatic rings. The van der Waals surface area contributed by atoms with E-state index in [1.807, 2.05) is 0 Å². The number of allylic oxidation sites excluding steroid dienone is 1. The fourth-order valence-electron chi connectivity index (χ4n) is 2.56. The third kappa shape index (κ3) is 4.45. The zero-order valence-electron chi connectivity index (χ0n) is 11.4. The lowest BCUT2D eigenvalue weighted by Gasteiger charge is -2.07. The van der Waals surface area contributed by atoms with Gasteiger partial charge in [-0.05, 0) is 37.2 Å². The van der Waals surface area contributed by atoms with Crippen molar-refractivity contribution in [1.82, 2.24) is 5.32 Å². The topological polar surface area (TPSA) is 38.3 Å². The van der Waals surface area contributed by atoms with E-state index in [0.717, 1.165) is 32.1 Å². The van der Waals surface area contributed by atoms with E-state index in [2.05, 4.69) is 18.3 Å². The summed E-state index contributed by atoms with van der Waals surface area (Å²) in [5.41, 5.74) is 0. The molecule has 0 aromatic carbocycles. The monoisotopic (exact) mass is 251 g/mol. The average Bonchev–Trinajstić information content (AvgIpc) is 2.91. The molecule has 1 amide bonds. The lowest BCUT2D eigenvalue weighted by Crippen LogP contribution is -2.27. The molecule has 1 unspecified atom stereocenters. The maximum atomic E-state index is 11.6. The number of rotatable bonds is 7. The minimum absolute atomic E-state index is 0.0584. The van der Waals surface area contributed by atoms with Crippen LogP contribution in [0.15, 0.2) is 12.2 Å². The van der Waals surface area contributed by atoms with Gasteiger partial charge in [-0.3, -0.25) is 4.79 Å². The number of carbonyl (C=O) groups is 1. The second-order valence-corrected chi connectivity index (χ2v) is 5.64. The molecule has 2 fully saturated rings. The minimum Gasteiger partial charge on any atom is -0.381 e. The van der Waals surface area contributed by atoms with E-state index in [1.54, 1.807) is 6.08 Å². The first-order chi connectivity index (χ1) is 8.79. The van der Waals surface area contributed by atoms with Crippen LogP contribution in [0.5, 0.6) is 0 Å². The Kier molecular flexibility index (Phi) is 5.24. The van der Waals surface area contributed by atoms with Gasteiger partial charge in [0.25, 0.3) is 0 Å². The smallest absolute Gasteiger partial charge is 0.243 e. The Labute approximate surface area is 110 Å². The number of unbranched alkanes of at least 4 members (excludes halogenated alkanes) is 1. The Bertz CT molecular complexity index is 295. The fourth-order valence-corrected chi connectivity index (χ4v) is 2.56. The molecule has 0 aromatic heterocycles. The van der Waals surface area contributed by atoms with Gasteiger partial charge in [0.2, 0.25) is 5.91 Å². The van der Waals surface area contributed by atoms with Crippen LogP contribution >= 0.6 is 0 Å². The van der Waals surface area contributed by atoms with Crippen LogP contribution in [-0.4, -0.2) is 25.7 Å². The molecule has 0 spiro atoms. The van der Waals surface area contributed by atoms with Crippen molar-refractivity contribution in [3.63, 3.8) is 0 Å². The summed E-state index contributed by atoms with van der Waals surface area (Å²) in [5.74, 6) is 2.08. The van der Waals surface area contributed by atoms with Crippen molar-refractivity contribution in [2.45, 2.75) is 39.0 Å². The predicted molar refractivity (Wildman–Crippen MR) is 72.2 cm³/mol. The van der Waals surface area contributed by atoms with Crippen LogP contribution in [0.3, 0.4) is 0 Å². The molecule has 1 heterocycles. The van der Waals surface area contributed by atoms with Gasteiger partial charge in [-0.15, -0.1) is 0 Å². The lowest BCUT2D eigenvalue weighted by molar-refractivity contribution is -0.116. The minimum atomic E-state index is 0.0584. The van der Waals surface area contributed by atoms with Crippen LogP contribution < -0.4 is 5.32 Å². The van der Waals surface area contributed by atoms with Crippen LogP contribution in [0.2, 0.25) is 0 Å². The molecule has 18 heavy (non-hydrogen) atoms. The van der Waals surface area contributed by atoms with Gasteiger partial charge >= 0.3 is 0 Å². The van der Waals surface area contributed by atoms with Gasteiger partial charge < -0.3 is 10.1 Å². The Morgan fingerprint density at radius 2 is 2.39 bits per heavy atom. The Morgan fingerprint density at radius 1 is 1.50 bits per heavy atom. The number of hydrogen-bond donors (Lipinski definition) is 1. The van der Waals surface area contributed by atoms with Crippen molar-refractivity contribution in [3.05, 3.63) is 12.2 Å². The van der Waals surface area contributed by atoms with Gasteiger partial charge in [-0.25, -0.2) is 0 Å². The van der Waals surface area contributed by atoms with Gasteiger partial charge in [0.05, 0.1) is 6.61 Å². The van der Waals surface area contributed by atoms with E-state index in [1.165, 1.54) is 25.7 Å². The molecule has 0 radical (unpaired) electrons.